The van der Waals surface area contributed by atoms with Gasteiger partial charge in [0.2, 0.25) is 0 Å². The van der Waals surface area contributed by atoms with Gasteiger partial charge in [-0.3, -0.25) is 4.99 Å². The predicted octanol–water partition coefficient (Wildman–Crippen LogP) is 4.19. The third kappa shape index (κ3) is 6.29. The molecule has 2 rings (SSSR count). The number of hydrogen-bond donors (Lipinski definition) is 1. The van der Waals surface area contributed by atoms with Crippen LogP contribution in [0.25, 0.3) is 0 Å². The van der Waals surface area contributed by atoms with Crippen molar-refractivity contribution in [1.29, 1.82) is 0 Å². The van der Waals surface area contributed by atoms with E-state index in [0.717, 1.165) is 44.1 Å². The summed E-state index contributed by atoms with van der Waals surface area (Å²) in [6.45, 7) is 5.38. The fourth-order valence-corrected chi connectivity index (χ4v) is 3.12. The van der Waals surface area contributed by atoms with Gasteiger partial charge in [-0.15, -0.1) is 24.0 Å². The lowest BCUT2D eigenvalue weighted by molar-refractivity contribution is 0.0263. The van der Waals surface area contributed by atoms with Crippen LogP contribution in [0.5, 0.6) is 0 Å². The van der Waals surface area contributed by atoms with Crippen molar-refractivity contribution in [3.8, 4) is 0 Å². The van der Waals surface area contributed by atoms with Crippen molar-refractivity contribution >= 4 is 53.1 Å². The molecule has 1 N–H and O–H groups in total. The van der Waals surface area contributed by atoms with Crippen LogP contribution in [0, 0.1) is 0 Å². The van der Waals surface area contributed by atoms with Crippen LogP contribution in [0.4, 0.5) is 0 Å². The highest BCUT2D eigenvalue weighted by molar-refractivity contribution is 14.0. The van der Waals surface area contributed by atoms with E-state index in [1.807, 2.05) is 19.1 Å². The molecule has 1 fully saturated rings. The van der Waals surface area contributed by atoms with E-state index in [9.17, 15) is 0 Å². The molecular formula is C16H24Cl2IN3O. The van der Waals surface area contributed by atoms with Gasteiger partial charge in [0, 0.05) is 43.3 Å². The molecule has 0 amide bonds. The van der Waals surface area contributed by atoms with Crippen LogP contribution >= 0.6 is 47.2 Å². The van der Waals surface area contributed by atoms with Crippen LogP contribution < -0.4 is 5.32 Å². The number of hydrogen-bond acceptors (Lipinski definition) is 2. The Kier molecular flexibility index (Phi) is 9.58. The highest BCUT2D eigenvalue weighted by atomic mass is 127. The summed E-state index contributed by atoms with van der Waals surface area (Å²) in [5, 5.41) is 4.69. The monoisotopic (exact) mass is 471 g/mol. The lowest BCUT2D eigenvalue weighted by atomic mass is 10.1. The van der Waals surface area contributed by atoms with Crippen LogP contribution in [-0.2, 0) is 11.3 Å². The Morgan fingerprint density at radius 3 is 2.61 bits per heavy atom. The topological polar surface area (TPSA) is 36.9 Å². The number of aliphatic imine (C=N–C) groups is 1. The number of nitrogens with zero attached hydrogens (tertiary/aromatic N) is 2. The molecule has 0 saturated carbocycles. The molecule has 0 bridgehead atoms. The molecule has 0 atom stereocenters. The van der Waals surface area contributed by atoms with Crippen molar-refractivity contribution in [2.45, 2.75) is 32.4 Å². The first kappa shape index (κ1) is 20.8. The van der Waals surface area contributed by atoms with E-state index in [-0.39, 0.29) is 24.0 Å². The first-order chi connectivity index (χ1) is 10.6. The second-order valence-electron chi connectivity index (χ2n) is 5.28. The molecule has 1 heterocycles. The van der Waals surface area contributed by atoms with Gasteiger partial charge in [-0.25, -0.2) is 0 Å². The molecule has 130 valence electrons. The minimum atomic E-state index is 0. The predicted molar refractivity (Wildman–Crippen MR) is 108 cm³/mol. The molecule has 7 heteroatoms. The maximum Gasteiger partial charge on any atom is 0.193 e. The minimum Gasteiger partial charge on any atom is -0.378 e. The molecule has 0 aliphatic carbocycles. The lowest BCUT2D eigenvalue weighted by Gasteiger charge is -2.34. The van der Waals surface area contributed by atoms with Gasteiger partial charge in [-0.05, 0) is 37.5 Å². The van der Waals surface area contributed by atoms with Crippen LogP contribution in [-0.4, -0.2) is 43.7 Å². The number of ether oxygens (including phenoxy) is 1. The average molecular weight is 472 g/mol. The minimum absolute atomic E-state index is 0. The molecule has 23 heavy (non-hydrogen) atoms. The van der Waals surface area contributed by atoms with Gasteiger partial charge >= 0.3 is 0 Å². The van der Waals surface area contributed by atoms with E-state index in [1.54, 1.807) is 13.1 Å². The third-order valence-corrected chi connectivity index (χ3v) is 4.39. The Morgan fingerprint density at radius 2 is 2.04 bits per heavy atom. The fourth-order valence-electron chi connectivity index (χ4n) is 2.64. The summed E-state index contributed by atoms with van der Waals surface area (Å²) in [6, 6.07) is 5.55. The van der Waals surface area contributed by atoms with Crippen LogP contribution in [0.2, 0.25) is 10.0 Å². The van der Waals surface area contributed by atoms with E-state index >= 15 is 0 Å². The van der Waals surface area contributed by atoms with E-state index < -0.39 is 0 Å². The Morgan fingerprint density at radius 1 is 1.35 bits per heavy atom. The molecule has 1 aliphatic heterocycles. The largest absolute Gasteiger partial charge is 0.378 e. The number of piperidine rings is 1. The Labute approximate surface area is 165 Å². The zero-order chi connectivity index (χ0) is 15.9. The van der Waals surface area contributed by atoms with Crippen molar-refractivity contribution in [2.75, 3.05) is 26.7 Å². The molecule has 0 aromatic heterocycles. The van der Waals surface area contributed by atoms with Crippen molar-refractivity contribution < 1.29 is 4.74 Å². The maximum absolute atomic E-state index is 6.20. The SMILES string of the molecule is CCOC1CCN(C(=NC)NCc2ccc(Cl)cc2Cl)CC1.I. The smallest absolute Gasteiger partial charge is 0.193 e. The second-order valence-corrected chi connectivity index (χ2v) is 6.12. The van der Waals surface area contributed by atoms with Gasteiger partial charge in [0.05, 0.1) is 6.10 Å². The maximum atomic E-state index is 6.20. The quantitative estimate of drug-likeness (QED) is 0.406. The Bertz CT molecular complexity index is 520. The number of rotatable bonds is 4. The van der Waals surface area contributed by atoms with Gasteiger partial charge in [-0.1, -0.05) is 29.3 Å². The first-order valence-electron chi connectivity index (χ1n) is 7.65. The fraction of sp³-hybridized carbons (Fsp3) is 0.562. The van der Waals surface area contributed by atoms with Gasteiger partial charge in [0.25, 0.3) is 0 Å². The zero-order valence-electron chi connectivity index (χ0n) is 13.5. The van der Waals surface area contributed by atoms with Crippen LogP contribution in [0.1, 0.15) is 25.3 Å². The summed E-state index contributed by atoms with van der Waals surface area (Å²) >= 11 is 12.1. The lowest BCUT2D eigenvalue weighted by Crippen LogP contribution is -2.46. The number of likely N-dealkylation sites (tertiary alicyclic amines) is 1. The summed E-state index contributed by atoms with van der Waals surface area (Å²) in [4.78, 5) is 6.63. The van der Waals surface area contributed by atoms with Gasteiger partial charge in [0.15, 0.2) is 5.96 Å². The van der Waals surface area contributed by atoms with E-state index in [1.165, 1.54) is 0 Å². The molecule has 0 spiro atoms. The van der Waals surface area contributed by atoms with Crippen LogP contribution in [0.3, 0.4) is 0 Å². The summed E-state index contributed by atoms with van der Waals surface area (Å²) < 4.78 is 5.68. The van der Waals surface area contributed by atoms with Gasteiger partial charge in [-0.2, -0.15) is 0 Å². The van der Waals surface area contributed by atoms with Gasteiger partial charge in [0.1, 0.15) is 0 Å². The molecule has 0 radical (unpaired) electrons. The summed E-state index contributed by atoms with van der Waals surface area (Å²) in [5.74, 6) is 0.904. The molecule has 4 nitrogen and oxygen atoms in total. The molecule has 1 aromatic carbocycles. The normalized spacial score (nSPS) is 16.2. The Balaban J connectivity index is 0.00000264. The third-order valence-electron chi connectivity index (χ3n) is 3.81. The summed E-state index contributed by atoms with van der Waals surface area (Å²) in [6.07, 6.45) is 2.46. The first-order valence-corrected chi connectivity index (χ1v) is 8.40. The van der Waals surface area contributed by atoms with Crippen molar-refractivity contribution in [2.24, 2.45) is 4.99 Å². The molecule has 0 unspecified atom stereocenters. The number of benzene rings is 1. The zero-order valence-corrected chi connectivity index (χ0v) is 17.4. The molecule has 1 saturated heterocycles. The molecule has 1 aromatic rings. The molecule has 1 aliphatic rings. The number of guanidine groups is 1. The van der Waals surface area contributed by atoms with Gasteiger partial charge < -0.3 is 15.0 Å². The summed E-state index contributed by atoms with van der Waals surface area (Å²) in [5.41, 5.74) is 1.01. The number of halogens is 3. The van der Waals surface area contributed by atoms with Crippen molar-refractivity contribution in [3.63, 3.8) is 0 Å². The second kappa shape index (κ2) is 10.6. The average Bonchev–Trinajstić information content (AvgIpc) is 2.51. The highest BCUT2D eigenvalue weighted by Crippen LogP contribution is 2.21. The molecular weight excluding hydrogens is 448 g/mol. The van der Waals surface area contributed by atoms with E-state index in [2.05, 4.69) is 15.2 Å². The van der Waals surface area contributed by atoms with Crippen molar-refractivity contribution in [3.05, 3.63) is 33.8 Å². The van der Waals surface area contributed by atoms with Crippen LogP contribution in [0.15, 0.2) is 23.2 Å². The Hall–Kier alpha value is -0.240. The highest BCUT2D eigenvalue weighted by Gasteiger charge is 2.21. The standard InChI is InChI=1S/C16H23Cl2N3O.HI/c1-3-22-14-6-8-21(9-7-14)16(19-2)20-11-12-4-5-13(17)10-15(12)18;/h4-5,10,14H,3,6-9,11H2,1-2H3,(H,19,20);1H. The van der Waals surface area contributed by atoms with E-state index in [0.29, 0.717) is 22.7 Å². The number of nitrogens with one attached hydrogen (secondary N) is 1. The van der Waals surface area contributed by atoms with E-state index in [4.69, 9.17) is 27.9 Å². The summed E-state index contributed by atoms with van der Waals surface area (Å²) in [7, 11) is 1.81. The van der Waals surface area contributed by atoms with Crippen molar-refractivity contribution in [1.82, 2.24) is 10.2 Å².